The number of hydrogen-bond donors (Lipinski definition) is 2. The van der Waals surface area contributed by atoms with Gasteiger partial charge in [-0.2, -0.15) is 5.10 Å². The molecule has 0 aliphatic carbocycles. The Morgan fingerprint density at radius 2 is 1.64 bits per heavy atom. The lowest BCUT2D eigenvalue weighted by Crippen LogP contribution is -2.62. The van der Waals surface area contributed by atoms with Gasteiger partial charge in [-0.1, -0.05) is 60.2 Å². The Labute approximate surface area is 192 Å². The van der Waals surface area contributed by atoms with Crippen LogP contribution in [0.4, 0.5) is 0 Å². The highest BCUT2D eigenvalue weighted by molar-refractivity contribution is 6.01. The third-order valence-electron chi connectivity index (χ3n) is 6.09. The summed E-state index contributed by atoms with van der Waals surface area (Å²) in [7, 11) is 1.60. The molecule has 0 radical (unpaired) electrons. The summed E-state index contributed by atoms with van der Waals surface area (Å²) < 4.78 is 1.45. The minimum absolute atomic E-state index is 0.145. The fourth-order valence-electron chi connectivity index (χ4n) is 3.79. The van der Waals surface area contributed by atoms with Gasteiger partial charge in [0.1, 0.15) is 11.2 Å². The minimum atomic E-state index is -1.14. The van der Waals surface area contributed by atoms with Gasteiger partial charge in [0.15, 0.2) is 5.69 Å². The highest BCUT2D eigenvalue weighted by Gasteiger charge is 2.46. The fourth-order valence-corrected chi connectivity index (χ4v) is 3.79. The Morgan fingerprint density at radius 3 is 2.33 bits per heavy atom. The molecule has 0 saturated heterocycles. The second-order valence-electron chi connectivity index (χ2n) is 8.55. The normalized spacial score (nSPS) is 17.4. The Morgan fingerprint density at radius 1 is 1.00 bits per heavy atom. The molecule has 1 aliphatic heterocycles. The molecule has 0 saturated carbocycles. The number of carbonyl (C=O) groups is 3. The van der Waals surface area contributed by atoms with E-state index >= 15 is 0 Å². The Bertz CT molecular complexity index is 1190. The molecule has 33 heavy (non-hydrogen) atoms. The van der Waals surface area contributed by atoms with Crippen molar-refractivity contribution in [3.63, 3.8) is 0 Å². The third kappa shape index (κ3) is 4.50. The van der Waals surface area contributed by atoms with Crippen molar-refractivity contribution in [3.8, 4) is 0 Å². The molecule has 1 atom stereocenters. The standard InChI is InChI=1S/C25H27N5O3/c1-17-9-11-19(12-10-17)15-27-24(33)25(2)16-30-21(23(32)29(25)3)13-20(28-30)22(31)26-14-18-7-5-4-6-8-18/h4-13H,14-16H2,1-3H3,(H,26,31)(H,27,33)/t25-/m0/s1. The lowest BCUT2D eigenvalue weighted by molar-refractivity contribution is -0.132. The molecule has 4 rings (SSSR count). The van der Waals surface area contributed by atoms with Crippen molar-refractivity contribution in [2.24, 2.45) is 0 Å². The monoisotopic (exact) mass is 445 g/mol. The van der Waals surface area contributed by atoms with E-state index < -0.39 is 5.54 Å². The van der Waals surface area contributed by atoms with Crippen LogP contribution in [0.1, 0.15) is 44.6 Å². The average molecular weight is 446 g/mol. The van der Waals surface area contributed by atoms with Gasteiger partial charge in [-0.3, -0.25) is 19.1 Å². The first kappa shape index (κ1) is 22.3. The van der Waals surface area contributed by atoms with Crippen LogP contribution in [0.25, 0.3) is 0 Å². The molecular formula is C25H27N5O3. The van der Waals surface area contributed by atoms with Crippen LogP contribution in [0.2, 0.25) is 0 Å². The Kier molecular flexibility index (Phi) is 6.00. The van der Waals surface area contributed by atoms with Gasteiger partial charge in [0.2, 0.25) is 5.91 Å². The average Bonchev–Trinajstić information content (AvgIpc) is 3.25. The summed E-state index contributed by atoms with van der Waals surface area (Å²) >= 11 is 0. The lowest BCUT2D eigenvalue weighted by atomic mass is 9.95. The second kappa shape index (κ2) is 8.90. The van der Waals surface area contributed by atoms with Gasteiger partial charge in [0.05, 0.1) is 6.54 Å². The van der Waals surface area contributed by atoms with E-state index in [0.29, 0.717) is 13.1 Å². The number of hydrogen-bond acceptors (Lipinski definition) is 4. The molecule has 170 valence electrons. The summed E-state index contributed by atoms with van der Waals surface area (Å²) in [6.07, 6.45) is 0. The summed E-state index contributed by atoms with van der Waals surface area (Å²) in [5, 5.41) is 10.1. The summed E-state index contributed by atoms with van der Waals surface area (Å²) in [6, 6.07) is 18.9. The van der Waals surface area contributed by atoms with Crippen molar-refractivity contribution in [2.75, 3.05) is 7.05 Å². The van der Waals surface area contributed by atoms with E-state index in [-0.39, 0.29) is 35.7 Å². The molecule has 8 nitrogen and oxygen atoms in total. The van der Waals surface area contributed by atoms with E-state index in [4.69, 9.17) is 0 Å². The third-order valence-corrected chi connectivity index (χ3v) is 6.09. The molecule has 0 spiro atoms. The summed E-state index contributed by atoms with van der Waals surface area (Å²) in [4.78, 5) is 40.1. The van der Waals surface area contributed by atoms with Gasteiger partial charge in [0.25, 0.3) is 11.8 Å². The van der Waals surface area contributed by atoms with E-state index in [9.17, 15) is 14.4 Å². The second-order valence-corrected chi connectivity index (χ2v) is 8.55. The van der Waals surface area contributed by atoms with Crippen LogP contribution in [0, 0.1) is 6.92 Å². The number of aryl methyl sites for hydroxylation is 1. The summed E-state index contributed by atoms with van der Waals surface area (Å²) in [5.41, 5.74) is 2.36. The van der Waals surface area contributed by atoms with Gasteiger partial charge in [0, 0.05) is 26.2 Å². The van der Waals surface area contributed by atoms with E-state index in [0.717, 1.165) is 16.7 Å². The zero-order valence-corrected chi connectivity index (χ0v) is 19.0. The van der Waals surface area contributed by atoms with Crippen LogP contribution in [0.15, 0.2) is 60.7 Å². The molecule has 0 fully saturated rings. The fraction of sp³-hybridized carbons (Fsp3) is 0.280. The van der Waals surface area contributed by atoms with Crippen molar-refractivity contribution < 1.29 is 14.4 Å². The van der Waals surface area contributed by atoms with Crippen molar-refractivity contribution in [1.29, 1.82) is 0 Å². The van der Waals surface area contributed by atoms with E-state index in [1.807, 2.05) is 61.5 Å². The summed E-state index contributed by atoms with van der Waals surface area (Å²) in [5.74, 6) is -1.01. The lowest BCUT2D eigenvalue weighted by Gasteiger charge is -2.40. The highest BCUT2D eigenvalue weighted by Crippen LogP contribution is 2.26. The SMILES string of the molecule is Cc1ccc(CNC(=O)[C@]2(C)Cn3nc(C(=O)NCc4ccccc4)cc3C(=O)N2C)cc1. The van der Waals surface area contributed by atoms with Gasteiger partial charge in [-0.25, -0.2) is 0 Å². The Balaban J connectivity index is 1.47. The molecule has 0 unspecified atom stereocenters. The number of carbonyl (C=O) groups excluding carboxylic acids is 3. The number of fused-ring (bicyclic) bond motifs is 1. The first-order valence-electron chi connectivity index (χ1n) is 10.8. The molecule has 3 aromatic rings. The molecule has 8 heteroatoms. The van der Waals surface area contributed by atoms with Gasteiger partial charge < -0.3 is 15.5 Å². The van der Waals surface area contributed by atoms with Crippen LogP contribution in [0.3, 0.4) is 0 Å². The maximum Gasteiger partial charge on any atom is 0.272 e. The van der Waals surface area contributed by atoms with Crippen LogP contribution >= 0.6 is 0 Å². The smallest absolute Gasteiger partial charge is 0.272 e. The number of benzene rings is 2. The molecular weight excluding hydrogens is 418 g/mol. The maximum absolute atomic E-state index is 13.1. The zero-order chi connectivity index (χ0) is 23.6. The first-order chi connectivity index (χ1) is 15.8. The number of amides is 3. The Hall–Kier alpha value is -3.94. The largest absolute Gasteiger partial charge is 0.350 e. The number of aromatic nitrogens is 2. The van der Waals surface area contributed by atoms with Crippen LogP contribution in [0.5, 0.6) is 0 Å². The van der Waals surface area contributed by atoms with Crippen molar-refractivity contribution in [3.05, 3.63) is 88.7 Å². The number of likely N-dealkylation sites (N-methyl/N-ethyl adjacent to an activating group) is 1. The predicted molar refractivity (Wildman–Crippen MR) is 123 cm³/mol. The zero-order valence-electron chi connectivity index (χ0n) is 19.0. The van der Waals surface area contributed by atoms with E-state index in [1.54, 1.807) is 14.0 Å². The van der Waals surface area contributed by atoms with Gasteiger partial charge in [-0.05, 0) is 25.0 Å². The number of rotatable bonds is 6. The van der Waals surface area contributed by atoms with Crippen LogP contribution in [-0.2, 0) is 24.4 Å². The molecule has 1 aliphatic rings. The molecule has 1 aromatic heterocycles. The number of nitrogens with zero attached hydrogens (tertiary/aromatic N) is 3. The molecule has 2 N–H and O–H groups in total. The quantitative estimate of drug-likeness (QED) is 0.608. The topological polar surface area (TPSA) is 96.3 Å². The predicted octanol–water partition coefficient (Wildman–Crippen LogP) is 2.28. The first-order valence-corrected chi connectivity index (χ1v) is 10.8. The minimum Gasteiger partial charge on any atom is -0.350 e. The maximum atomic E-state index is 13.1. The molecule has 2 heterocycles. The van der Waals surface area contributed by atoms with Crippen LogP contribution < -0.4 is 10.6 Å². The van der Waals surface area contributed by atoms with E-state index in [1.165, 1.54) is 15.6 Å². The van der Waals surface area contributed by atoms with Crippen molar-refractivity contribution >= 4 is 17.7 Å². The van der Waals surface area contributed by atoms with Crippen LogP contribution in [-0.4, -0.2) is 45.0 Å². The van der Waals surface area contributed by atoms with Crippen molar-refractivity contribution in [2.45, 2.75) is 39.0 Å². The summed E-state index contributed by atoms with van der Waals surface area (Å²) in [6.45, 7) is 4.57. The van der Waals surface area contributed by atoms with Gasteiger partial charge in [-0.15, -0.1) is 0 Å². The highest BCUT2D eigenvalue weighted by atomic mass is 16.2. The number of nitrogens with one attached hydrogen (secondary N) is 2. The molecule has 2 aromatic carbocycles. The molecule has 3 amide bonds. The molecule has 0 bridgehead atoms. The van der Waals surface area contributed by atoms with Crippen molar-refractivity contribution in [1.82, 2.24) is 25.3 Å². The van der Waals surface area contributed by atoms with Gasteiger partial charge >= 0.3 is 0 Å². The van der Waals surface area contributed by atoms with E-state index in [2.05, 4.69) is 15.7 Å².